The normalized spacial score (nSPS) is 16.1. The van der Waals surface area contributed by atoms with Gasteiger partial charge in [-0.2, -0.15) is 0 Å². The summed E-state index contributed by atoms with van der Waals surface area (Å²) >= 11 is 1.48. The maximum atomic E-state index is 11.5. The minimum Gasteiger partial charge on any atom is -0.480 e. The van der Waals surface area contributed by atoms with Crippen molar-refractivity contribution in [3.8, 4) is 0 Å². The van der Waals surface area contributed by atoms with Crippen molar-refractivity contribution < 1.29 is 9.90 Å². The second-order valence-corrected chi connectivity index (χ2v) is 9.53. The van der Waals surface area contributed by atoms with Crippen molar-refractivity contribution in [2.45, 2.75) is 32.4 Å². The van der Waals surface area contributed by atoms with E-state index in [1.165, 1.54) is 16.9 Å². The van der Waals surface area contributed by atoms with Crippen LogP contribution >= 0.6 is 11.3 Å². The highest BCUT2D eigenvalue weighted by Crippen LogP contribution is 2.30. The van der Waals surface area contributed by atoms with E-state index in [2.05, 4.69) is 51.4 Å². The first-order valence-corrected chi connectivity index (χ1v) is 12.0. The van der Waals surface area contributed by atoms with Crippen LogP contribution in [0.2, 0.25) is 0 Å². The van der Waals surface area contributed by atoms with Gasteiger partial charge in [0.1, 0.15) is 28.0 Å². The van der Waals surface area contributed by atoms with Crippen molar-refractivity contribution in [3.05, 3.63) is 65.9 Å². The van der Waals surface area contributed by atoms with E-state index in [0.29, 0.717) is 23.9 Å². The highest BCUT2D eigenvalue weighted by atomic mass is 32.1. The van der Waals surface area contributed by atoms with Crippen molar-refractivity contribution in [1.29, 1.82) is 0 Å². The number of nitrogens with one attached hydrogen (secondary N) is 1. The molecule has 0 spiro atoms. The van der Waals surface area contributed by atoms with Crippen LogP contribution in [0.5, 0.6) is 0 Å². The van der Waals surface area contributed by atoms with Gasteiger partial charge in [0.15, 0.2) is 5.13 Å². The first-order valence-electron chi connectivity index (χ1n) is 11.2. The minimum absolute atomic E-state index is 0.410. The number of carboxylic acid groups (broad SMARTS) is 1. The number of likely N-dealkylation sites (tertiary alicyclic amines) is 1. The van der Waals surface area contributed by atoms with Gasteiger partial charge in [-0.1, -0.05) is 29.0 Å². The number of benzene rings is 1. The number of anilines is 4. The molecule has 4 heterocycles. The van der Waals surface area contributed by atoms with Gasteiger partial charge in [0.25, 0.3) is 0 Å². The van der Waals surface area contributed by atoms with E-state index in [9.17, 15) is 9.90 Å². The number of aromatic nitrogens is 3. The molecule has 0 saturated carbocycles. The Labute approximate surface area is 201 Å². The number of hydrogen-bond acceptors (Lipinski definition) is 8. The van der Waals surface area contributed by atoms with E-state index in [-0.39, 0.29) is 0 Å². The fourth-order valence-corrected chi connectivity index (χ4v) is 5.07. The summed E-state index contributed by atoms with van der Waals surface area (Å²) in [5, 5.41) is 13.4. The molecule has 174 valence electrons. The molecular formula is C25H26N6O2S. The highest BCUT2D eigenvalue weighted by Gasteiger charge is 2.30. The zero-order valence-electron chi connectivity index (χ0n) is 19.1. The molecule has 0 radical (unpaired) electrons. The SMILES string of the molecule is Cc1ccc(N(C)c2ccc3nc(Nc4cc(CN5CCC[C@H]5C(=O)O)ccn4)sc3n2)cc1. The molecule has 5 rings (SSSR count). The second-order valence-electron chi connectivity index (χ2n) is 8.55. The predicted octanol–water partition coefficient (Wildman–Crippen LogP) is 4.96. The van der Waals surface area contributed by atoms with Gasteiger partial charge < -0.3 is 15.3 Å². The topological polar surface area (TPSA) is 94.5 Å². The maximum absolute atomic E-state index is 11.5. The zero-order chi connectivity index (χ0) is 23.7. The summed E-state index contributed by atoms with van der Waals surface area (Å²) in [6.07, 6.45) is 3.35. The van der Waals surface area contributed by atoms with Crippen LogP contribution in [0.25, 0.3) is 10.3 Å². The highest BCUT2D eigenvalue weighted by molar-refractivity contribution is 7.21. The maximum Gasteiger partial charge on any atom is 0.320 e. The number of thiazole rings is 1. The first kappa shape index (κ1) is 22.2. The van der Waals surface area contributed by atoms with Crippen molar-refractivity contribution in [2.75, 3.05) is 23.8 Å². The summed E-state index contributed by atoms with van der Waals surface area (Å²) in [5.74, 6) is 0.782. The van der Waals surface area contributed by atoms with Crippen LogP contribution in [0.3, 0.4) is 0 Å². The number of carboxylic acids is 1. The standard InChI is InChI=1S/C25H26N6O2S/c1-16-5-7-18(8-6-16)30(2)22-10-9-19-23(29-22)34-25(27-19)28-21-14-17(11-12-26-21)15-31-13-3-4-20(31)24(32)33/h5-12,14,20H,3-4,13,15H2,1-2H3,(H,32,33)(H,26,27,28)/t20-/m0/s1. The molecule has 2 N–H and O–H groups in total. The van der Waals surface area contributed by atoms with Gasteiger partial charge in [-0.3, -0.25) is 9.69 Å². The molecule has 1 atom stereocenters. The summed E-state index contributed by atoms with van der Waals surface area (Å²) in [6, 6.07) is 15.8. The van der Waals surface area contributed by atoms with Crippen molar-refractivity contribution in [2.24, 2.45) is 0 Å². The van der Waals surface area contributed by atoms with Crippen LogP contribution in [0.1, 0.15) is 24.0 Å². The Hall–Kier alpha value is -3.56. The summed E-state index contributed by atoms with van der Waals surface area (Å²) in [6.45, 7) is 3.46. The van der Waals surface area contributed by atoms with E-state index in [1.807, 2.05) is 36.2 Å². The molecule has 1 aliphatic rings. The van der Waals surface area contributed by atoms with E-state index in [1.54, 1.807) is 6.20 Å². The molecule has 0 bridgehead atoms. The number of rotatable bonds is 7. The molecule has 1 saturated heterocycles. The first-order chi connectivity index (χ1) is 16.5. The summed E-state index contributed by atoms with van der Waals surface area (Å²) in [5.41, 5.74) is 4.14. The second kappa shape index (κ2) is 9.36. The molecular weight excluding hydrogens is 448 g/mol. The van der Waals surface area contributed by atoms with Gasteiger partial charge in [-0.15, -0.1) is 0 Å². The van der Waals surface area contributed by atoms with Crippen LogP contribution in [0.4, 0.5) is 22.5 Å². The number of aliphatic carboxylic acids is 1. The van der Waals surface area contributed by atoms with Gasteiger partial charge in [0.2, 0.25) is 0 Å². The van der Waals surface area contributed by atoms with Crippen molar-refractivity contribution in [1.82, 2.24) is 19.9 Å². The molecule has 8 nitrogen and oxygen atoms in total. The molecule has 3 aromatic heterocycles. The summed E-state index contributed by atoms with van der Waals surface area (Å²) < 4.78 is 0. The lowest BCUT2D eigenvalue weighted by atomic mass is 10.2. The van der Waals surface area contributed by atoms with Crippen LogP contribution in [0, 0.1) is 6.92 Å². The molecule has 1 aromatic carbocycles. The Morgan fingerprint density at radius 1 is 1.21 bits per heavy atom. The Morgan fingerprint density at radius 3 is 2.82 bits per heavy atom. The number of carbonyl (C=O) groups is 1. The monoisotopic (exact) mass is 474 g/mol. The lowest BCUT2D eigenvalue weighted by Crippen LogP contribution is -2.35. The summed E-state index contributed by atoms with van der Waals surface area (Å²) in [7, 11) is 2.00. The number of pyridine rings is 2. The van der Waals surface area contributed by atoms with E-state index in [0.717, 1.165) is 40.4 Å². The number of fused-ring (bicyclic) bond motifs is 1. The fraction of sp³-hybridized carbons (Fsp3) is 0.280. The van der Waals surface area contributed by atoms with Crippen LogP contribution in [-0.2, 0) is 11.3 Å². The van der Waals surface area contributed by atoms with Crippen LogP contribution < -0.4 is 10.2 Å². The molecule has 1 aliphatic heterocycles. The number of hydrogen-bond donors (Lipinski definition) is 2. The third-order valence-corrected chi connectivity index (χ3v) is 6.98. The zero-order valence-corrected chi connectivity index (χ0v) is 19.9. The number of nitrogens with zero attached hydrogens (tertiary/aromatic N) is 5. The Morgan fingerprint density at radius 2 is 2.03 bits per heavy atom. The van der Waals surface area contributed by atoms with Gasteiger partial charge in [0, 0.05) is 25.5 Å². The largest absolute Gasteiger partial charge is 0.480 e. The third-order valence-electron chi connectivity index (χ3n) is 6.10. The third kappa shape index (κ3) is 4.71. The summed E-state index contributed by atoms with van der Waals surface area (Å²) in [4.78, 5) is 30.3. The molecule has 34 heavy (non-hydrogen) atoms. The fourth-order valence-electron chi connectivity index (χ4n) is 4.23. The number of aryl methyl sites for hydroxylation is 1. The average molecular weight is 475 g/mol. The molecule has 1 fully saturated rings. The molecule has 9 heteroatoms. The van der Waals surface area contributed by atoms with E-state index in [4.69, 9.17) is 4.98 Å². The van der Waals surface area contributed by atoms with Crippen molar-refractivity contribution in [3.63, 3.8) is 0 Å². The lowest BCUT2D eigenvalue weighted by Gasteiger charge is -2.21. The van der Waals surface area contributed by atoms with E-state index < -0.39 is 12.0 Å². The van der Waals surface area contributed by atoms with E-state index >= 15 is 0 Å². The molecule has 0 unspecified atom stereocenters. The quantitative estimate of drug-likeness (QED) is 0.388. The van der Waals surface area contributed by atoms with Gasteiger partial charge in [0.05, 0.1) is 0 Å². The van der Waals surface area contributed by atoms with Gasteiger partial charge in [-0.05, 0) is 68.3 Å². The van der Waals surface area contributed by atoms with Gasteiger partial charge in [-0.25, -0.2) is 15.0 Å². The van der Waals surface area contributed by atoms with Crippen LogP contribution in [-0.4, -0.2) is 50.6 Å². The molecule has 4 aromatic rings. The van der Waals surface area contributed by atoms with Crippen molar-refractivity contribution >= 4 is 50.1 Å². The Bertz CT molecular complexity index is 1320. The Kier molecular flexibility index (Phi) is 6.12. The molecule has 0 amide bonds. The molecule has 0 aliphatic carbocycles. The minimum atomic E-state index is -0.751. The van der Waals surface area contributed by atoms with Crippen LogP contribution in [0.15, 0.2) is 54.7 Å². The average Bonchev–Trinajstić information content (AvgIpc) is 3.45. The predicted molar refractivity (Wildman–Crippen MR) is 135 cm³/mol. The lowest BCUT2D eigenvalue weighted by molar-refractivity contribution is -0.142. The Balaban J connectivity index is 1.32. The van der Waals surface area contributed by atoms with Gasteiger partial charge >= 0.3 is 5.97 Å². The smallest absolute Gasteiger partial charge is 0.320 e.